The second kappa shape index (κ2) is 5.01. The third kappa shape index (κ3) is 2.57. The molecule has 8 heteroatoms. The summed E-state index contributed by atoms with van der Waals surface area (Å²) in [4.78, 5) is 8.14. The third-order valence-electron chi connectivity index (χ3n) is 3.01. The molecule has 1 N–H and O–H groups in total. The van der Waals surface area contributed by atoms with E-state index in [2.05, 4.69) is 14.7 Å². The molecule has 0 saturated carbocycles. The van der Waals surface area contributed by atoms with Gasteiger partial charge in [-0.15, -0.1) is 0 Å². The first-order valence-corrected chi connectivity index (χ1v) is 7.88. The van der Waals surface area contributed by atoms with Gasteiger partial charge in [0.1, 0.15) is 4.90 Å². The van der Waals surface area contributed by atoms with Gasteiger partial charge in [0.25, 0.3) is 10.0 Å². The third-order valence-corrected chi connectivity index (χ3v) is 4.56. The van der Waals surface area contributed by atoms with Gasteiger partial charge in [0, 0.05) is 24.5 Å². The van der Waals surface area contributed by atoms with Gasteiger partial charge in [-0.2, -0.15) is 0 Å². The number of pyridine rings is 1. The van der Waals surface area contributed by atoms with Crippen molar-refractivity contribution in [2.24, 2.45) is 7.05 Å². The molecule has 0 fully saturated rings. The number of hydrogen-bond acceptors (Lipinski definition) is 4. The maximum atomic E-state index is 12.3. The number of aromatic nitrogens is 3. The van der Waals surface area contributed by atoms with Crippen molar-refractivity contribution >= 4 is 38.6 Å². The van der Waals surface area contributed by atoms with Crippen LogP contribution in [-0.4, -0.2) is 23.0 Å². The number of benzene rings is 1. The topological polar surface area (TPSA) is 76.9 Å². The van der Waals surface area contributed by atoms with Gasteiger partial charge in [0.05, 0.1) is 11.0 Å². The molecule has 0 aliphatic carbocycles. The monoisotopic (exact) mass is 322 g/mol. The molecular formula is C13H11ClN4O2S. The molecule has 3 rings (SSSR count). The quantitative estimate of drug-likeness (QED) is 0.803. The van der Waals surface area contributed by atoms with Crippen molar-refractivity contribution in [1.82, 2.24) is 14.5 Å². The highest BCUT2D eigenvalue weighted by Gasteiger charge is 2.18. The molecule has 108 valence electrons. The van der Waals surface area contributed by atoms with Gasteiger partial charge < -0.3 is 4.57 Å². The number of halogens is 1. The van der Waals surface area contributed by atoms with E-state index in [1.54, 1.807) is 35.9 Å². The average Bonchev–Trinajstić information content (AvgIpc) is 2.75. The molecule has 0 aliphatic heterocycles. The predicted octanol–water partition coefficient (Wildman–Crippen LogP) is 2.42. The van der Waals surface area contributed by atoms with Gasteiger partial charge in [0.15, 0.2) is 0 Å². The van der Waals surface area contributed by atoms with E-state index in [9.17, 15) is 8.42 Å². The summed E-state index contributed by atoms with van der Waals surface area (Å²) in [6.45, 7) is 0. The Bertz CT molecular complexity index is 907. The van der Waals surface area contributed by atoms with Crippen molar-refractivity contribution in [3.8, 4) is 0 Å². The molecule has 0 unspecified atom stereocenters. The lowest BCUT2D eigenvalue weighted by molar-refractivity contribution is 0.600. The molecule has 21 heavy (non-hydrogen) atoms. The number of anilines is 1. The van der Waals surface area contributed by atoms with Crippen LogP contribution in [-0.2, 0) is 17.1 Å². The molecule has 2 aromatic heterocycles. The van der Waals surface area contributed by atoms with Crippen molar-refractivity contribution in [2.75, 3.05) is 4.72 Å². The van der Waals surface area contributed by atoms with Crippen LogP contribution in [0, 0.1) is 0 Å². The van der Waals surface area contributed by atoms with E-state index < -0.39 is 10.0 Å². The average molecular weight is 323 g/mol. The minimum Gasteiger partial charge on any atom is -0.313 e. The minimum absolute atomic E-state index is 0.0788. The van der Waals surface area contributed by atoms with E-state index in [1.807, 2.05) is 0 Å². The van der Waals surface area contributed by atoms with Gasteiger partial charge in [-0.25, -0.2) is 18.1 Å². The second-order valence-electron chi connectivity index (χ2n) is 4.42. The molecule has 2 heterocycles. The molecule has 3 aromatic rings. The second-order valence-corrected chi connectivity index (χ2v) is 6.54. The standard InChI is InChI=1S/C13H11ClN4O2S/c1-18-12-5-4-9(14)7-11(12)16-13(18)17-21(19,20)10-3-2-6-15-8-10/h2-8H,1H3,(H,16,17). The summed E-state index contributed by atoms with van der Waals surface area (Å²) in [5, 5.41) is 0.544. The summed E-state index contributed by atoms with van der Waals surface area (Å²) in [7, 11) is -2.00. The first kappa shape index (κ1) is 13.8. The Morgan fingerprint density at radius 1 is 1.29 bits per heavy atom. The zero-order valence-electron chi connectivity index (χ0n) is 11.0. The Morgan fingerprint density at radius 2 is 2.10 bits per heavy atom. The van der Waals surface area contributed by atoms with E-state index in [0.29, 0.717) is 10.5 Å². The van der Waals surface area contributed by atoms with Crippen LogP contribution in [0.4, 0.5) is 5.95 Å². The molecule has 0 radical (unpaired) electrons. The van der Waals surface area contributed by atoms with E-state index in [0.717, 1.165) is 5.52 Å². The molecule has 0 atom stereocenters. The summed E-state index contributed by atoms with van der Waals surface area (Å²) in [6, 6.07) is 8.22. The SMILES string of the molecule is Cn1c(NS(=O)(=O)c2cccnc2)nc2cc(Cl)ccc21. The summed E-state index contributed by atoms with van der Waals surface area (Å²) < 4.78 is 28.6. The number of sulfonamides is 1. The Hall–Kier alpha value is -2.12. The Morgan fingerprint density at radius 3 is 2.81 bits per heavy atom. The molecule has 0 spiro atoms. The predicted molar refractivity (Wildman–Crippen MR) is 80.8 cm³/mol. The molecule has 0 amide bonds. The van der Waals surface area contributed by atoms with Gasteiger partial charge in [0.2, 0.25) is 5.95 Å². The Kier molecular flexibility index (Phi) is 3.30. The maximum Gasteiger partial charge on any atom is 0.265 e. The summed E-state index contributed by atoms with van der Waals surface area (Å²) in [6.07, 6.45) is 2.79. The first-order chi connectivity index (χ1) is 9.97. The van der Waals surface area contributed by atoms with Crippen LogP contribution >= 0.6 is 11.6 Å². The summed E-state index contributed by atoms with van der Waals surface area (Å²) in [5.74, 6) is 0.219. The van der Waals surface area contributed by atoms with E-state index in [4.69, 9.17) is 11.6 Å². The summed E-state index contributed by atoms with van der Waals surface area (Å²) in [5.41, 5.74) is 1.40. The van der Waals surface area contributed by atoms with Gasteiger partial charge in [-0.05, 0) is 30.3 Å². The fraction of sp³-hybridized carbons (Fsp3) is 0.0769. The highest BCUT2D eigenvalue weighted by molar-refractivity contribution is 7.92. The highest BCUT2D eigenvalue weighted by Crippen LogP contribution is 2.23. The zero-order valence-corrected chi connectivity index (χ0v) is 12.6. The number of nitrogens with one attached hydrogen (secondary N) is 1. The number of nitrogens with zero attached hydrogens (tertiary/aromatic N) is 3. The van der Waals surface area contributed by atoms with Crippen molar-refractivity contribution < 1.29 is 8.42 Å². The first-order valence-electron chi connectivity index (χ1n) is 6.02. The van der Waals surface area contributed by atoms with Crippen LogP contribution in [0.2, 0.25) is 5.02 Å². The number of rotatable bonds is 3. The van der Waals surface area contributed by atoms with E-state index >= 15 is 0 Å². The van der Waals surface area contributed by atoms with Crippen LogP contribution in [0.3, 0.4) is 0 Å². The molecular weight excluding hydrogens is 312 g/mol. The van der Waals surface area contributed by atoms with E-state index in [-0.39, 0.29) is 10.8 Å². The smallest absolute Gasteiger partial charge is 0.265 e. The lowest BCUT2D eigenvalue weighted by atomic mass is 10.3. The molecule has 1 aromatic carbocycles. The van der Waals surface area contributed by atoms with Crippen LogP contribution in [0.25, 0.3) is 11.0 Å². The maximum absolute atomic E-state index is 12.3. The number of aryl methyl sites for hydroxylation is 1. The largest absolute Gasteiger partial charge is 0.313 e. The summed E-state index contributed by atoms with van der Waals surface area (Å²) >= 11 is 5.91. The van der Waals surface area contributed by atoms with Crippen molar-refractivity contribution in [3.63, 3.8) is 0 Å². The lowest BCUT2D eigenvalue weighted by Gasteiger charge is -2.07. The Labute approximate surface area is 126 Å². The molecule has 6 nitrogen and oxygen atoms in total. The van der Waals surface area contributed by atoms with Gasteiger partial charge in [-0.3, -0.25) is 4.98 Å². The number of imidazole rings is 1. The number of hydrogen-bond donors (Lipinski definition) is 1. The minimum atomic E-state index is -3.72. The van der Waals surface area contributed by atoms with Crippen molar-refractivity contribution in [3.05, 3.63) is 47.7 Å². The zero-order chi connectivity index (χ0) is 15.0. The Balaban J connectivity index is 2.04. The van der Waals surface area contributed by atoms with Crippen molar-refractivity contribution in [1.29, 1.82) is 0 Å². The molecule has 0 saturated heterocycles. The van der Waals surface area contributed by atoms with Crippen LogP contribution < -0.4 is 4.72 Å². The van der Waals surface area contributed by atoms with Crippen LogP contribution in [0.5, 0.6) is 0 Å². The fourth-order valence-corrected chi connectivity index (χ4v) is 3.11. The van der Waals surface area contributed by atoms with Gasteiger partial charge >= 0.3 is 0 Å². The highest BCUT2D eigenvalue weighted by atomic mass is 35.5. The lowest BCUT2D eigenvalue weighted by Crippen LogP contribution is -2.15. The fourth-order valence-electron chi connectivity index (χ4n) is 1.95. The normalized spacial score (nSPS) is 11.7. The van der Waals surface area contributed by atoms with Crippen LogP contribution in [0.15, 0.2) is 47.6 Å². The van der Waals surface area contributed by atoms with Gasteiger partial charge in [-0.1, -0.05) is 11.6 Å². The van der Waals surface area contributed by atoms with E-state index in [1.165, 1.54) is 18.5 Å². The van der Waals surface area contributed by atoms with Crippen LogP contribution in [0.1, 0.15) is 0 Å². The molecule has 0 aliphatic rings. The van der Waals surface area contributed by atoms with Crippen molar-refractivity contribution in [2.45, 2.75) is 4.90 Å². The molecule has 0 bridgehead atoms. The number of fused-ring (bicyclic) bond motifs is 1.